The number of halogens is 2. The monoisotopic (exact) mass is 354 g/mol. The molecule has 2 heterocycles. The normalized spacial score (nSPS) is 24.6. The van der Waals surface area contributed by atoms with E-state index in [1.54, 1.807) is 9.69 Å². The van der Waals surface area contributed by atoms with Gasteiger partial charge >= 0.3 is 5.97 Å². The van der Waals surface area contributed by atoms with E-state index in [2.05, 4.69) is 4.74 Å². The molecule has 136 valence electrons. The molecule has 8 heteroatoms. The summed E-state index contributed by atoms with van der Waals surface area (Å²) in [5.41, 5.74) is -3.36. The third-order valence-electron chi connectivity index (χ3n) is 4.43. The van der Waals surface area contributed by atoms with Crippen LogP contribution in [0.25, 0.3) is 11.6 Å². The molecule has 0 radical (unpaired) electrons. The van der Waals surface area contributed by atoms with Gasteiger partial charge in [-0.25, -0.2) is 13.6 Å². The quantitative estimate of drug-likeness (QED) is 0.682. The number of carbonyl (C=O) groups excluding carboxylic acids is 1. The van der Waals surface area contributed by atoms with Gasteiger partial charge in [0.1, 0.15) is 6.73 Å². The molecule has 25 heavy (non-hydrogen) atoms. The minimum atomic E-state index is -2.99. The molecule has 1 aliphatic heterocycles. The molecule has 2 aliphatic rings. The second-order valence-electron chi connectivity index (χ2n) is 5.91. The van der Waals surface area contributed by atoms with E-state index in [-0.39, 0.29) is 30.6 Å². The SMILES string of the molecule is CCOCN1CCC2=c3c(c(=O)ccn31)=CC(F)(C(=O)OCC)C2F. The van der Waals surface area contributed by atoms with Gasteiger partial charge in [0, 0.05) is 30.6 Å². The van der Waals surface area contributed by atoms with Crippen LogP contribution in [0.3, 0.4) is 0 Å². The zero-order valence-corrected chi connectivity index (χ0v) is 14.1. The Hall–Kier alpha value is -2.22. The maximum Gasteiger partial charge on any atom is 0.351 e. The van der Waals surface area contributed by atoms with Gasteiger partial charge in [0.05, 0.1) is 12.0 Å². The summed E-state index contributed by atoms with van der Waals surface area (Å²) in [4.78, 5) is 24.2. The lowest BCUT2D eigenvalue weighted by Gasteiger charge is -2.36. The summed E-state index contributed by atoms with van der Waals surface area (Å²) in [6.45, 7) is 4.43. The zero-order chi connectivity index (χ0) is 18.2. The summed E-state index contributed by atoms with van der Waals surface area (Å²) < 4.78 is 41.8. The number of alkyl halides is 2. The number of aromatic nitrogens is 1. The predicted octanol–water partition coefficient (Wildman–Crippen LogP) is -0.262. The summed E-state index contributed by atoms with van der Waals surface area (Å²) >= 11 is 0. The van der Waals surface area contributed by atoms with Gasteiger partial charge in [0.25, 0.3) is 5.67 Å². The molecular formula is C17H20F2N2O4. The van der Waals surface area contributed by atoms with Crippen molar-refractivity contribution in [2.75, 3.05) is 31.5 Å². The summed E-state index contributed by atoms with van der Waals surface area (Å²) in [6, 6.07) is 1.27. The van der Waals surface area contributed by atoms with Crippen LogP contribution < -0.4 is 21.0 Å². The molecule has 0 N–H and O–H groups in total. The molecule has 1 aromatic heterocycles. The van der Waals surface area contributed by atoms with Gasteiger partial charge in [-0.05, 0) is 31.9 Å². The first kappa shape index (κ1) is 17.6. The Bertz CT molecular complexity index is 866. The first-order chi connectivity index (χ1) is 11.9. The molecule has 0 saturated carbocycles. The van der Waals surface area contributed by atoms with Gasteiger partial charge < -0.3 is 9.47 Å². The Balaban J connectivity index is 2.22. The van der Waals surface area contributed by atoms with Crippen molar-refractivity contribution < 1.29 is 23.0 Å². The molecular weight excluding hydrogens is 334 g/mol. The van der Waals surface area contributed by atoms with Crippen molar-refractivity contribution in [1.29, 1.82) is 0 Å². The molecule has 1 aromatic rings. The van der Waals surface area contributed by atoms with E-state index in [4.69, 9.17) is 4.74 Å². The fraction of sp³-hybridized carbons (Fsp3) is 0.529. The molecule has 3 rings (SSSR count). The molecule has 0 saturated heterocycles. The zero-order valence-electron chi connectivity index (χ0n) is 14.1. The smallest absolute Gasteiger partial charge is 0.351 e. The van der Waals surface area contributed by atoms with Crippen molar-refractivity contribution >= 4 is 17.6 Å². The lowest BCUT2D eigenvalue weighted by Crippen LogP contribution is -2.63. The topological polar surface area (TPSA) is 60.8 Å². The minimum absolute atomic E-state index is 0.0249. The Morgan fingerprint density at radius 1 is 1.40 bits per heavy atom. The maximum atomic E-state index is 15.2. The van der Waals surface area contributed by atoms with E-state index in [1.807, 2.05) is 6.92 Å². The second kappa shape index (κ2) is 6.59. The van der Waals surface area contributed by atoms with Crippen LogP contribution in [0.1, 0.15) is 20.3 Å². The standard InChI is InChI=1S/C17H20F2N2O4/c1-3-24-10-20-7-5-11-14-12(13(22)6-8-21(14)20)9-17(19,15(11)18)16(23)25-4-2/h6,8-9,15H,3-5,7,10H2,1-2H3. The lowest BCUT2D eigenvalue weighted by molar-refractivity contribution is -0.155. The summed E-state index contributed by atoms with van der Waals surface area (Å²) in [6.07, 6.45) is 0.262. The summed E-state index contributed by atoms with van der Waals surface area (Å²) in [5.74, 6) is -1.31. The van der Waals surface area contributed by atoms with Crippen molar-refractivity contribution in [3.63, 3.8) is 0 Å². The third-order valence-corrected chi connectivity index (χ3v) is 4.43. The molecule has 0 amide bonds. The van der Waals surface area contributed by atoms with Gasteiger partial charge in [-0.3, -0.25) is 14.5 Å². The van der Waals surface area contributed by atoms with E-state index >= 15 is 4.39 Å². The number of ether oxygens (including phenoxy) is 2. The molecule has 2 unspecified atom stereocenters. The van der Waals surface area contributed by atoms with Gasteiger partial charge in [0.2, 0.25) is 0 Å². The van der Waals surface area contributed by atoms with Crippen LogP contribution in [-0.4, -0.2) is 49.0 Å². The largest absolute Gasteiger partial charge is 0.463 e. The van der Waals surface area contributed by atoms with E-state index in [9.17, 15) is 14.0 Å². The summed E-state index contributed by atoms with van der Waals surface area (Å²) in [5, 5.41) is 2.06. The number of hydrogen-bond donors (Lipinski definition) is 0. The van der Waals surface area contributed by atoms with Gasteiger partial charge in [-0.2, -0.15) is 0 Å². The van der Waals surface area contributed by atoms with E-state index < -0.39 is 23.2 Å². The Kier molecular flexibility index (Phi) is 4.64. The Morgan fingerprint density at radius 3 is 2.84 bits per heavy atom. The van der Waals surface area contributed by atoms with Gasteiger partial charge in [0.15, 0.2) is 11.6 Å². The highest BCUT2D eigenvalue weighted by Crippen LogP contribution is 2.32. The highest BCUT2D eigenvalue weighted by molar-refractivity contribution is 5.91. The molecule has 6 nitrogen and oxygen atoms in total. The van der Waals surface area contributed by atoms with Crippen LogP contribution in [-0.2, 0) is 14.3 Å². The molecule has 0 aromatic carbocycles. The number of hydrogen-bond acceptors (Lipinski definition) is 5. The molecule has 0 bridgehead atoms. The van der Waals surface area contributed by atoms with Crippen LogP contribution in [0.4, 0.5) is 8.78 Å². The Morgan fingerprint density at radius 2 is 2.16 bits per heavy atom. The lowest BCUT2D eigenvalue weighted by atomic mass is 9.86. The van der Waals surface area contributed by atoms with Crippen molar-refractivity contribution in [3.05, 3.63) is 33.1 Å². The average molecular weight is 354 g/mol. The fourth-order valence-corrected chi connectivity index (χ4v) is 3.22. The van der Waals surface area contributed by atoms with E-state index in [0.717, 1.165) is 6.08 Å². The molecule has 2 atom stereocenters. The van der Waals surface area contributed by atoms with Crippen molar-refractivity contribution in [2.24, 2.45) is 0 Å². The minimum Gasteiger partial charge on any atom is -0.463 e. The number of rotatable bonds is 5. The van der Waals surface area contributed by atoms with E-state index in [0.29, 0.717) is 18.5 Å². The number of pyridine rings is 1. The highest BCUT2D eigenvalue weighted by Gasteiger charge is 2.51. The van der Waals surface area contributed by atoms with Crippen LogP contribution in [0.5, 0.6) is 0 Å². The van der Waals surface area contributed by atoms with Crippen molar-refractivity contribution in [3.8, 4) is 0 Å². The van der Waals surface area contributed by atoms with Crippen molar-refractivity contribution in [1.82, 2.24) is 4.68 Å². The van der Waals surface area contributed by atoms with Crippen LogP contribution >= 0.6 is 0 Å². The fourth-order valence-electron chi connectivity index (χ4n) is 3.22. The number of nitrogens with zero attached hydrogens (tertiary/aromatic N) is 2. The summed E-state index contributed by atoms with van der Waals surface area (Å²) in [7, 11) is 0. The predicted molar refractivity (Wildman–Crippen MR) is 87.4 cm³/mol. The molecule has 0 spiro atoms. The van der Waals surface area contributed by atoms with Crippen LogP contribution in [0, 0.1) is 0 Å². The van der Waals surface area contributed by atoms with E-state index in [1.165, 1.54) is 19.2 Å². The molecule has 1 aliphatic carbocycles. The Labute approximate surface area is 142 Å². The number of esters is 1. The van der Waals surface area contributed by atoms with Gasteiger partial charge in [-0.15, -0.1) is 0 Å². The second-order valence-corrected chi connectivity index (χ2v) is 5.91. The average Bonchev–Trinajstić information content (AvgIpc) is 2.60. The molecule has 0 fully saturated rings. The first-order valence-electron chi connectivity index (χ1n) is 8.24. The van der Waals surface area contributed by atoms with Crippen LogP contribution in [0.15, 0.2) is 17.1 Å². The number of carbonyl (C=O) groups is 1. The third kappa shape index (κ3) is 2.74. The maximum absolute atomic E-state index is 15.2. The first-order valence-corrected chi connectivity index (χ1v) is 8.24. The van der Waals surface area contributed by atoms with Crippen LogP contribution in [0.2, 0.25) is 0 Å². The highest BCUT2D eigenvalue weighted by atomic mass is 19.2. The van der Waals surface area contributed by atoms with Gasteiger partial charge in [-0.1, -0.05) is 0 Å². The van der Waals surface area contributed by atoms with Crippen molar-refractivity contribution in [2.45, 2.75) is 32.1 Å².